The first kappa shape index (κ1) is 10.4. The highest BCUT2D eigenvalue weighted by atomic mass is 127. The predicted molar refractivity (Wildman–Crippen MR) is 65.5 cm³/mol. The van der Waals surface area contributed by atoms with Gasteiger partial charge in [-0.05, 0) is 46.9 Å². The Morgan fingerprint density at radius 1 is 1.64 bits per heavy atom. The lowest BCUT2D eigenvalue weighted by molar-refractivity contribution is 0.0913. The fraction of sp³-hybridized carbons (Fsp3) is 0.444. The Balaban J connectivity index is 1.93. The topological polar surface area (TPSA) is 55.1 Å². The molecule has 1 aromatic rings. The number of carbonyl (C=O) groups is 1. The van der Waals surface area contributed by atoms with Crippen molar-refractivity contribution in [2.75, 3.05) is 0 Å². The molecule has 0 bridgehead atoms. The number of halogens is 1. The molecule has 14 heavy (non-hydrogen) atoms. The van der Waals surface area contributed by atoms with Gasteiger partial charge in [-0.25, -0.2) is 0 Å². The third-order valence-corrected chi connectivity index (χ3v) is 4.51. The van der Waals surface area contributed by atoms with Crippen LogP contribution in [0.3, 0.4) is 0 Å². The first-order valence-electron chi connectivity index (χ1n) is 4.46. The molecule has 3 N–H and O–H groups in total. The van der Waals surface area contributed by atoms with Crippen LogP contribution in [0.4, 0.5) is 0 Å². The predicted octanol–water partition coefficient (Wildman–Crippen LogP) is 1.57. The summed E-state index contributed by atoms with van der Waals surface area (Å²) in [5.41, 5.74) is 5.64. The lowest BCUT2D eigenvalue weighted by Gasteiger charge is -2.32. The van der Waals surface area contributed by atoms with Crippen molar-refractivity contribution in [3.8, 4) is 0 Å². The highest BCUT2D eigenvalue weighted by Crippen LogP contribution is 2.21. The van der Waals surface area contributed by atoms with Crippen LogP contribution in [0.15, 0.2) is 11.4 Å². The molecule has 2 rings (SSSR count). The molecule has 0 aromatic carbocycles. The van der Waals surface area contributed by atoms with Gasteiger partial charge >= 0.3 is 0 Å². The van der Waals surface area contributed by atoms with Gasteiger partial charge in [-0.2, -0.15) is 0 Å². The molecule has 1 aliphatic rings. The summed E-state index contributed by atoms with van der Waals surface area (Å²) in [7, 11) is 0. The molecule has 1 aliphatic carbocycles. The number of nitrogens with one attached hydrogen (secondary N) is 1. The molecule has 0 unspecified atom stereocenters. The molecule has 0 radical (unpaired) electrons. The van der Waals surface area contributed by atoms with Crippen LogP contribution in [0.5, 0.6) is 0 Å². The van der Waals surface area contributed by atoms with Gasteiger partial charge in [0.05, 0.1) is 0 Å². The minimum Gasteiger partial charge on any atom is -0.348 e. The van der Waals surface area contributed by atoms with Crippen molar-refractivity contribution in [1.29, 1.82) is 0 Å². The van der Waals surface area contributed by atoms with Gasteiger partial charge in [0.2, 0.25) is 0 Å². The summed E-state index contributed by atoms with van der Waals surface area (Å²) in [5.74, 6) is 0.0429. The molecule has 0 saturated heterocycles. The zero-order valence-corrected chi connectivity index (χ0v) is 10.5. The summed E-state index contributed by atoms with van der Waals surface area (Å²) in [6.45, 7) is 0. The summed E-state index contributed by atoms with van der Waals surface area (Å²) in [4.78, 5) is 12.5. The van der Waals surface area contributed by atoms with Gasteiger partial charge in [0.1, 0.15) is 4.88 Å². The lowest BCUT2D eigenvalue weighted by atomic mass is 9.87. The second-order valence-electron chi connectivity index (χ2n) is 3.50. The van der Waals surface area contributed by atoms with E-state index in [9.17, 15) is 4.79 Å². The Labute approximate surface area is 100 Å². The van der Waals surface area contributed by atoms with Gasteiger partial charge in [-0.3, -0.25) is 4.79 Å². The molecule has 1 saturated carbocycles. The lowest BCUT2D eigenvalue weighted by Crippen LogP contribution is -2.50. The van der Waals surface area contributed by atoms with Crippen molar-refractivity contribution in [1.82, 2.24) is 5.32 Å². The van der Waals surface area contributed by atoms with E-state index in [2.05, 4.69) is 27.9 Å². The first-order valence-corrected chi connectivity index (χ1v) is 6.42. The third kappa shape index (κ3) is 2.09. The molecule has 1 fully saturated rings. The van der Waals surface area contributed by atoms with Gasteiger partial charge < -0.3 is 11.1 Å². The smallest absolute Gasteiger partial charge is 0.262 e. The van der Waals surface area contributed by atoms with E-state index < -0.39 is 0 Å². The number of rotatable bonds is 2. The van der Waals surface area contributed by atoms with Crippen molar-refractivity contribution in [3.05, 3.63) is 19.9 Å². The van der Waals surface area contributed by atoms with Crippen LogP contribution in [-0.2, 0) is 0 Å². The van der Waals surface area contributed by atoms with E-state index in [1.165, 1.54) is 11.3 Å². The summed E-state index contributed by atoms with van der Waals surface area (Å²) in [6.07, 6.45) is 1.82. The highest BCUT2D eigenvalue weighted by Gasteiger charge is 2.28. The van der Waals surface area contributed by atoms with Crippen LogP contribution in [0.2, 0.25) is 0 Å². The number of thiophene rings is 1. The zero-order chi connectivity index (χ0) is 10.1. The summed E-state index contributed by atoms with van der Waals surface area (Å²) >= 11 is 3.66. The number of amides is 1. The largest absolute Gasteiger partial charge is 0.348 e. The molecule has 0 atom stereocenters. The van der Waals surface area contributed by atoms with E-state index in [1.54, 1.807) is 0 Å². The number of nitrogens with two attached hydrogens (primary N) is 1. The van der Waals surface area contributed by atoms with Gasteiger partial charge in [-0.15, -0.1) is 11.3 Å². The van der Waals surface area contributed by atoms with Crippen LogP contribution in [0, 0.1) is 3.57 Å². The van der Waals surface area contributed by atoms with E-state index >= 15 is 0 Å². The average Bonchev–Trinajstić information content (AvgIpc) is 2.48. The number of carbonyl (C=O) groups excluding carboxylic acids is 1. The maximum Gasteiger partial charge on any atom is 0.262 e. The van der Waals surface area contributed by atoms with Gasteiger partial charge in [-0.1, -0.05) is 0 Å². The molecule has 1 heterocycles. The van der Waals surface area contributed by atoms with Gasteiger partial charge in [0.25, 0.3) is 5.91 Å². The molecule has 3 nitrogen and oxygen atoms in total. The Bertz CT molecular complexity index is 346. The van der Waals surface area contributed by atoms with E-state index in [0.717, 1.165) is 21.3 Å². The van der Waals surface area contributed by atoms with Crippen LogP contribution in [-0.4, -0.2) is 18.0 Å². The minimum atomic E-state index is 0.0429. The quantitative estimate of drug-likeness (QED) is 0.812. The maximum atomic E-state index is 11.7. The average molecular weight is 322 g/mol. The fourth-order valence-corrected chi connectivity index (χ4v) is 3.22. The second kappa shape index (κ2) is 4.16. The van der Waals surface area contributed by atoms with Crippen molar-refractivity contribution >= 4 is 39.8 Å². The number of hydrogen-bond donors (Lipinski definition) is 2. The van der Waals surface area contributed by atoms with E-state index in [4.69, 9.17) is 5.73 Å². The second-order valence-corrected chi connectivity index (χ2v) is 5.58. The van der Waals surface area contributed by atoms with Gasteiger partial charge in [0, 0.05) is 15.7 Å². The van der Waals surface area contributed by atoms with Crippen molar-refractivity contribution < 1.29 is 4.79 Å². The first-order chi connectivity index (χ1) is 6.66. The molecule has 5 heteroatoms. The Hall–Kier alpha value is -0.140. The zero-order valence-electron chi connectivity index (χ0n) is 7.50. The monoisotopic (exact) mass is 322 g/mol. The Kier molecular flexibility index (Phi) is 3.08. The van der Waals surface area contributed by atoms with Crippen LogP contribution in [0.1, 0.15) is 22.5 Å². The molecule has 0 aliphatic heterocycles. The summed E-state index contributed by atoms with van der Waals surface area (Å²) in [5, 5.41) is 4.91. The Morgan fingerprint density at radius 3 is 2.86 bits per heavy atom. The summed E-state index contributed by atoms with van der Waals surface area (Å²) < 4.78 is 1.02. The van der Waals surface area contributed by atoms with Crippen LogP contribution in [0.25, 0.3) is 0 Å². The highest BCUT2D eigenvalue weighted by molar-refractivity contribution is 14.1. The van der Waals surface area contributed by atoms with Gasteiger partial charge in [0.15, 0.2) is 0 Å². The summed E-state index contributed by atoms with van der Waals surface area (Å²) in [6, 6.07) is 2.52. The molecule has 76 valence electrons. The molecular weight excluding hydrogens is 311 g/mol. The SMILES string of the molecule is NC1CC(NC(=O)c2sccc2I)C1. The van der Waals surface area contributed by atoms with E-state index in [0.29, 0.717) is 0 Å². The molecular formula is C9H11IN2OS. The number of hydrogen-bond acceptors (Lipinski definition) is 3. The molecule has 1 aromatic heterocycles. The van der Waals surface area contributed by atoms with Crippen LogP contribution < -0.4 is 11.1 Å². The van der Waals surface area contributed by atoms with Crippen molar-refractivity contribution in [2.45, 2.75) is 24.9 Å². The van der Waals surface area contributed by atoms with E-state index in [1.807, 2.05) is 11.4 Å². The minimum absolute atomic E-state index is 0.0429. The van der Waals surface area contributed by atoms with Crippen molar-refractivity contribution in [2.24, 2.45) is 5.73 Å². The van der Waals surface area contributed by atoms with Crippen molar-refractivity contribution in [3.63, 3.8) is 0 Å². The molecule has 0 spiro atoms. The van der Waals surface area contributed by atoms with Crippen LogP contribution >= 0.6 is 33.9 Å². The third-order valence-electron chi connectivity index (χ3n) is 2.33. The fourth-order valence-electron chi connectivity index (χ4n) is 1.49. The maximum absolute atomic E-state index is 11.7. The standard InChI is InChI=1S/C9H11IN2OS/c10-7-1-2-14-8(7)9(13)12-6-3-5(11)4-6/h1-2,5-6H,3-4,11H2,(H,12,13). The Morgan fingerprint density at radius 2 is 2.36 bits per heavy atom. The normalized spacial score (nSPS) is 25.6. The molecule has 1 amide bonds. The van der Waals surface area contributed by atoms with E-state index in [-0.39, 0.29) is 18.0 Å².